The Morgan fingerprint density at radius 2 is 0.510 bits per heavy atom. The van der Waals surface area contributed by atoms with Crippen LogP contribution in [0.15, 0.2) is 0 Å². The number of aliphatic hydroxyl groups excluding tert-OH is 1. The Bertz CT molecular complexity index is 1940. The number of unbranched alkanes of at least 4 members (excludes halogenated alkanes) is 45. The van der Waals surface area contributed by atoms with E-state index in [1.807, 2.05) is 0 Å². The number of hydrogen-bond donors (Lipinski definition) is 3. The summed E-state index contributed by atoms with van der Waals surface area (Å²) in [4.78, 5) is 72.9. The summed E-state index contributed by atoms with van der Waals surface area (Å²) in [6.07, 6.45) is 60.0. The maximum atomic E-state index is 13.1. The normalized spacial score (nSPS) is 14.5. The van der Waals surface area contributed by atoms with Crippen LogP contribution in [0.2, 0.25) is 0 Å². The molecule has 19 heteroatoms. The van der Waals surface area contributed by atoms with Crippen molar-refractivity contribution < 1.29 is 80.2 Å². The maximum Gasteiger partial charge on any atom is 0.472 e. The van der Waals surface area contributed by atoms with E-state index in [2.05, 4.69) is 48.5 Å². The van der Waals surface area contributed by atoms with Gasteiger partial charge >= 0.3 is 39.5 Å². The van der Waals surface area contributed by atoms with E-state index in [0.29, 0.717) is 25.7 Å². The topological polar surface area (TPSA) is 237 Å². The molecular formula is C81H158O17P2. The molecule has 0 fully saturated rings. The summed E-state index contributed by atoms with van der Waals surface area (Å²) < 4.78 is 68.6. The lowest BCUT2D eigenvalue weighted by Gasteiger charge is -2.21. The number of phosphoric acid groups is 2. The van der Waals surface area contributed by atoms with Crippen LogP contribution in [0, 0.1) is 17.8 Å². The molecule has 100 heavy (non-hydrogen) atoms. The molecule has 0 aromatic heterocycles. The molecule has 7 atom stereocenters. The van der Waals surface area contributed by atoms with Crippen LogP contribution in [-0.4, -0.2) is 96.7 Å². The van der Waals surface area contributed by atoms with Crippen molar-refractivity contribution in [3.8, 4) is 0 Å². The molecule has 0 heterocycles. The lowest BCUT2D eigenvalue weighted by molar-refractivity contribution is -0.161. The van der Waals surface area contributed by atoms with Crippen molar-refractivity contribution >= 4 is 39.5 Å². The third kappa shape index (κ3) is 71.7. The second kappa shape index (κ2) is 71.3. The lowest BCUT2D eigenvalue weighted by Crippen LogP contribution is -2.30. The monoisotopic (exact) mass is 1470 g/mol. The number of ether oxygens (including phenoxy) is 4. The third-order valence-electron chi connectivity index (χ3n) is 19.6. The molecule has 0 amide bonds. The fourth-order valence-electron chi connectivity index (χ4n) is 12.4. The van der Waals surface area contributed by atoms with Gasteiger partial charge in [0.05, 0.1) is 26.4 Å². The fraction of sp³-hybridized carbons (Fsp3) is 0.951. The predicted octanol–water partition coefficient (Wildman–Crippen LogP) is 24.1. The zero-order chi connectivity index (χ0) is 73.7. The van der Waals surface area contributed by atoms with Crippen LogP contribution < -0.4 is 0 Å². The van der Waals surface area contributed by atoms with Crippen molar-refractivity contribution in [2.45, 2.75) is 439 Å². The number of carbonyl (C=O) groups is 4. The lowest BCUT2D eigenvalue weighted by atomic mass is 10.00. The number of esters is 4. The Hall–Kier alpha value is -1.94. The minimum Gasteiger partial charge on any atom is -0.462 e. The molecule has 17 nitrogen and oxygen atoms in total. The number of hydrogen-bond acceptors (Lipinski definition) is 15. The molecule has 0 saturated heterocycles. The second-order valence-electron chi connectivity index (χ2n) is 30.1. The smallest absolute Gasteiger partial charge is 0.462 e. The SMILES string of the molecule is CCCCCCCCCCCCCCCCCCCCCCCC(=O)O[C@H](COC(=O)CCCCCCCCCCCCCCCCCCC(C)C)COP(=O)(O)OC[C@@H](O)COP(=O)(O)OC[C@@H](COC(=O)CCCCCCCCC(C)CC)OC(=O)CCCCCCCCC(C)CC. The molecule has 3 N–H and O–H groups in total. The van der Waals surface area contributed by atoms with Crippen LogP contribution in [0.4, 0.5) is 0 Å². The molecule has 0 radical (unpaired) electrons. The molecule has 0 saturated carbocycles. The van der Waals surface area contributed by atoms with E-state index in [-0.39, 0.29) is 25.7 Å². The molecule has 0 aromatic rings. The maximum absolute atomic E-state index is 13.1. The molecule has 4 unspecified atom stereocenters. The van der Waals surface area contributed by atoms with Gasteiger partial charge in [0.2, 0.25) is 0 Å². The first-order valence-corrected chi connectivity index (χ1v) is 44.9. The van der Waals surface area contributed by atoms with Crippen LogP contribution in [-0.2, 0) is 65.4 Å². The van der Waals surface area contributed by atoms with E-state index in [1.54, 1.807) is 0 Å². The van der Waals surface area contributed by atoms with Gasteiger partial charge in [-0.2, -0.15) is 0 Å². The summed E-state index contributed by atoms with van der Waals surface area (Å²) in [5.74, 6) is 0.146. The van der Waals surface area contributed by atoms with Gasteiger partial charge in [-0.05, 0) is 43.4 Å². The van der Waals surface area contributed by atoms with Crippen LogP contribution >= 0.6 is 15.6 Å². The van der Waals surface area contributed by atoms with Gasteiger partial charge in [0.25, 0.3) is 0 Å². The Kier molecular flexibility index (Phi) is 69.9. The summed E-state index contributed by atoms with van der Waals surface area (Å²) in [6.45, 7) is 11.9. The number of aliphatic hydroxyl groups is 1. The van der Waals surface area contributed by atoms with Crippen molar-refractivity contribution in [1.29, 1.82) is 0 Å². The first-order chi connectivity index (χ1) is 48.3. The van der Waals surface area contributed by atoms with Crippen molar-refractivity contribution in [2.75, 3.05) is 39.6 Å². The Labute approximate surface area is 613 Å². The minimum atomic E-state index is -4.96. The molecule has 0 aliphatic rings. The van der Waals surface area contributed by atoms with Crippen molar-refractivity contribution in [3.05, 3.63) is 0 Å². The molecule has 0 bridgehead atoms. The largest absolute Gasteiger partial charge is 0.472 e. The van der Waals surface area contributed by atoms with Gasteiger partial charge < -0.3 is 33.8 Å². The van der Waals surface area contributed by atoms with Gasteiger partial charge in [-0.25, -0.2) is 9.13 Å². The highest BCUT2D eigenvalue weighted by atomic mass is 31.2. The van der Waals surface area contributed by atoms with E-state index in [0.717, 1.165) is 114 Å². The average molecular weight is 1470 g/mol. The van der Waals surface area contributed by atoms with E-state index in [9.17, 15) is 43.2 Å². The molecule has 0 aliphatic heterocycles. The molecule has 0 rings (SSSR count). The standard InChI is InChI=1S/C81H158O17P2/c1-8-11-12-13-14-15-16-17-18-19-20-21-22-23-28-31-34-37-40-50-57-64-80(85)97-76(68-91-78(83)62-55-48-39-36-33-30-27-25-24-26-29-32-35-38-45-52-59-72(4)5)70-95-99(87,88)93-66-75(82)67-94-100(89,90)96-71-77(98-81(86)65-58-51-44-42-47-54-61-74(7)10-3)69-92-79(84)63-56-49-43-41-46-53-60-73(6)9-2/h72-77,82H,8-71H2,1-7H3,(H,87,88)(H,89,90)/t73?,74?,75-,76-,77-/m1/s1. The van der Waals surface area contributed by atoms with Crippen LogP contribution in [0.5, 0.6) is 0 Å². The van der Waals surface area contributed by atoms with Gasteiger partial charge in [0, 0.05) is 25.7 Å². The summed E-state index contributed by atoms with van der Waals surface area (Å²) in [7, 11) is -9.92. The zero-order valence-electron chi connectivity index (χ0n) is 65.7. The minimum absolute atomic E-state index is 0.102. The zero-order valence-corrected chi connectivity index (χ0v) is 67.5. The quantitative estimate of drug-likeness (QED) is 0.0222. The Morgan fingerprint density at radius 1 is 0.290 bits per heavy atom. The number of carbonyl (C=O) groups excluding carboxylic acids is 4. The van der Waals surface area contributed by atoms with Crippen molar-refractivity contribution in [2.24, 2.45) is 17.8 Å². The Morgan fingerprint density at radius 3 is 0.760 bits per heavy atom. The first-order valence-electron chi connectivity index (χ1n) is 41.9. The molecule has 0 spiro atoms. The summed E-state index contributed by atoms with van der Waals surface area (Å²) >= 11 is 0. The average Bonchev–Trinajstić information content (AvgIpc) is 0.933. The van der Waals surface area contributed by atoms with Crippen LogP contribution in [0.1, 0.15) is 421 Å². The van der Waals surface area contributed by atoms with Crippen LogP contribution in [0.25, 0.3) is 0 Å². The third-order valence-corrected chi connectivity index (χ3v) is 21.5. The van der Waals surface area contributed by atoms with Crippen LogP contribution in [0.3, 0.4) is 0 Å². The fourth-order valence-corrected chi connectivity index (χ4v) is 14.0. The van der Waals surface area contributed by atoms with E-state index < -0.39 is 97.5 Å². The summed E-state index contributed by atoms with van der Waals surface area (Å²) in [5, 5.41) is 10.6. The van der Waals surface area contributed by atoms with Gasteiger partial charge in [-0.15, -0.1) is 0 Å². The van der Waals surface area contributed by atoms with E-state index in [4.69, 9.17) is 37.0 Å². The van der Waals surface area contributed by atoms with Gasteiger partial charge in [-0.1, -0.05) is 370 Å². The highest BCUT2D eigenvalue weighted by Gasteiger charge is 2.30. The first kappa shape index (κ1) is 98.1. The molecule has 594 valence electrons. The molecule has 0 aliphatic carbocycles. The highest BCUT2D eigenvalue weighted by Crippen LogP contribution is 2.45. The van der Waals surface area contributed by atoms with Gasteiger partial charge in [-0.3, -0.25) is 37.3 Å². The highest BCUT2D eigenvalue weighted by molar-refractivity contribution is 7.47. The van der Waals surface area contributed by atoms with Gasteiger partial charge in [0.1, 0.15) is 19.3 Å². The molecular weight excluding hydrogens is 1310 g/mol. The van der Waals surface area contributed by atoms with Crippen molar-refractivity contribution in [3.63, 3.8) is 0 Å². The van der Waals surface area contributed by atoms with E-state index >= 15 is 0 Å². The second-order valence-corrected chi connectivity index (χ2v) is 33.0. The molecule has 0 aromatic carbocycles. The summed E-state index contributed by atoms with van der Waals surface area (Å²) in [6, 6.07) is 0. The Balaban J connectivity index is 5.20. The summed E-state index contributed by atoms with van der Waals surface area (Å²) in [5.41, 5.74) is 0. The number of phosphoric ester groups is 2. The van der Waals surface area contributed by atoms with Gasteiger partial charge in [0.15, 0.2) is 12.2 Å². The predicted molar refractivity (Wildman–Crippen MR) is 409 cm³/mol. The number of rotatable bonds is 79. The van der Waals surface area contributed by atoms with Crippen molar-refractivity contribution in [1.82, 2.24) is 0 Å². The van der Waals surface area contributed by atoms with E-state index in [1.165, 1.54) is 225 Å².